The Labute approximate surface area is 96.3 Å². The summed E-state index contributed by atoms with van der Waals surface area (Å²) in [5.74, 6) is -0.290. The highest BCUT2D eigenvalue weighted by molar-refractivity contribution is 6.53. The van der Waals surface area contributed by atoms with Crippen molar-refractivity contribution in [2.24, 2.45) is 0 Å². The number of rotatable bonds is 8. The Morgan fingerprint density at radius 2 is 1.71 bits per heavy atom. The number of hydrogen-bond acceptors (Lipinski definition) is 1. The van der Waals surface area contributed by atoms with Gasteiger partial charge in [0.25, 0.3) is 5.91 Å². The van der Waals surface area contributed by atoms with Crippen LogP contribution in [0.1, 0.15) is 45.4 Å². The quantitative estimate of drug-likeness (QED) is 0.512. The summed E-state index contributed by atoms with van der Waals surface area (Å²) in [6, 6.07) is 0. The highest BCUT2D eigenvalue weighted by Crippen LogP contribution is 2.04. The zero-order valence-corrected chi connectivity index (χ0v) is 10.2. The fourth-order valence-corrected chi connectivity index (χ4v) is 1.35. The Hall–Kier alpha value is 0.0500. The molecule has 0 aromatic rings. The van der Waals surface area contributed by atoms with E-state index in [9.17, 15) is 4.79 Å². The van der Waals surface area contributed by atoms with Crippen molar-refractivity contribution in [2.45, 2.75) is 50.3 Å². The van der Waals surface area contributed by atoms with Gasteiger partial charge in [0.1, 0.15) is 0 Å². The van der Waals surface area contributed by atoms with Crippen molar-refractivity contribution in [1.82, 2.24) is 5.32 Å². The summed E-state index contributed by atoms with van der Waals surface area (Å²) in [5.41, 5.74) is 0. The van der Waals surface area contributed by atoms with Crippen LogP contribution in [0.3, 0.4) is 0 Å². The molecule has 4 heteroatoms. The zero-order chi connectivity index (χ0) is 10.8. The second kappa shape index (κ2) is 9.60. The lowest BCUT2D eigenvalue weighted by atomic mass is 10.1. The average molecular weight is 240 g/mol. The number of nitrogens with one attached hydrogen (secondary N) is 1. The molecule has 1 N–H and O–H groups in total. The van der Waals surface area contributed by atoms with Gasteiger partial charge in [-0.05, 0) is 6.42 Å². The van der Waals surface area contributed by atoms with Crippen LogP contribution in [0.25, 0.3) is 0 Å². The first-order chi connectivity index (χ1) is 6.68. The van der Waals surface area contributed by atoms with E-state index < -0.39 is 4.84 Å². The van der Waals surface area contributed by atoms with Gasteiger partial charge in [0, 0.05) is 6.54 Å². The van der Waals surface area contributed by atoms with Crippen molar-refractivity contribution >= 4 is 29.1 Å². The van der Waals surface area contributed by atoms with Crippen molar-refractivity contribution < 1.29 is 4.79 Å². The van der Waals surface area contributed by atoms with E-state index in [4.69, 9.17) is 23.2 Å². The van der Waals surface area contributed by atoms with Crippen molar-refractivity contribution in [3.63, 3.8) is 0 Å². The number of alkyl halides is 2. The molecule has 14 heavy (non-hydrogen) atoms. The monoisotopic (exact) mass is 239 g/mol. The number of carbonyl (C=O) groups is 1. The van der Waals surface area contributed by atoms with Gasteiger partial charge in [-0.25, -0.2) is 0 Å². The molecule has 0 saturated heterocycles. The smallest absolute Gasteiger partial charge is 0.253 e. The number of halogens is 2. The van der Waals surface area contributed by atoms with E-state index in [0.717, 1.165) is 12.8 Å². The Morgan fingerprint density at radius 3 is 2.29 bits per heavy atom. The Kier molecular flexibility index (Phi) is 9.63. The minimum atomic E-state index is -0.935. The normalized spacial score (nSPS) is 10.6. The van der Waals surface area contributed by atoms with Crippen molar-refractivity contribution in [3.05, 3.63) is 0 Å². The van der Waals surface area contributed by atoms with Gasteiger partial charge in [-0.3, -0.25) is 4.79 Å². The molecule has 2 nitrogen and oxygen atoms in total. The van der Waals surface area contributed by atoms with Crippen LogP contribution < -0.4 is 5.32 Å². The molecule has 0 aromatic heterocycles. The van der Waals surface area contributed by atoms with E-state index in [1.807, 2.05) is 0 Å². The standard InChI is InChI=1S/C10H19Cl2NO/c1-2-3-4-5-6-7-8-13-10(14)9(11)12/h9H,2-8H2,1H3,(H,13,14). The topological polar surface area (TPSA) is 29.1 Å². The largest absolute Gasteiger partial charge is 0.354 e. The van der Waals surface area contributed by atoms with Gasteiger partial charge in [0.15, 0.2) is 4.84 Å². The lowest BCUT2D eigenvalue weighted by Gasteiger charge is -2.04. The lowest BCUT2D eigenvalue weighted by Crippen LogP contribution is -2.29. The molecule has 0 aromatic carbocycles. The highest BCUT2D eigenvalue weighted by Gasteiger charge is 2.09. The summed E-state index contributed by atoms with van der Waals surface area (Å²) in [7, 11) is 0. The van der Waals surface area contributed by atoms with Gasteiger partial charge in [0.2, 0.25) is 0 Å². The molecule has 0 radical (unpaired) electrons. The predicted octanol–water partition coefficient (Wildman–Crippen LogP) is 3.27. The molecule has 0 aliphatic rings. The van der Waals surface area contributed by atoms with Gasteiger partial charge in [-0.15, -0.1) is 0 Å². The molecule has 0 spiro atoms. The maximum absolute atomic E-state index is 10.9. The molecule has 0 rings (SSSR count). The Morgan fingerprint density at radius 1 is 1.14 bits per heavy atom. The molecule has 1 amide bonds. The van der Waals surface area contributed by atoms with Crippen LogP contribution in [0.2, 0.25) is 0 Å². The second-order valence-electron chi connectivity index (χ2n) is 3.36. The number of amides is 1. The molecule has 84 valence electrons. The van der Waals surface area contributed by atoms with E-state index >= 15 is 0 Å². The molecular weight excluding hydrogens is 221 g/mol. The number of hydrogen-bond donors (Lipinski definition) is 1. The third-order valence-corrected chi connectivity index (χ3v) is 2.42. The zero-order valence-electron chi connectivity index (χ0n) is 8.69. The minimum Gasteiger partial charge on any atom is -0.354 e. The van der Waals surface area contributed by atoms with Crippen LogP contribution in [0.4, 0.5) is 0 Å². The molecule has 0 fully saturated rings. The predicted molar refractivity (Wildman–Crippen MR) is 61.9 cm³/mol. The van der Waals surface area contributed by atoms with Gasteiger partial charge in [0.05, 0.1) is 0 Å². The summed E-state index contributed by atoms with van der Waals surface area (Å²) in [4.78, 5) is 9.97. The molecule has 0 aliphatic heterocycles. The van der Waals surface area contributed by atoms with Gasteiger partial charge >= 0.3 is 0 Å². The van der Waals surface area contributed by atoms with Crippen molar-refractivity contribution in [2.75, 3.05) is 6.54 Å². The SMILES string of the molecule is CCCCCCCCNC(=O)C(Cl)Cl. The van der Waals surface area contributed by atoms with Gasteiger partial charge < -0.3 is 5.32 Å². The van der Waals surface area contributed by atoms with E-state index in [-0.39, 0.29) is 5.91 Å². The summed E-state index contributed by atoms with van der Waals surface area (Å²) >= 11 is 10.7. The molecule has 0 unspecified atom stereocenters. The van der Waals surface area contributed by atoms with Crippen LogP contribution >= 0.6 is 23.2 Å². The molecule has 0 saturated carbocycles. The van der Waals surface area contributed by atoms with Crippen molar-refractivity contribution in [3.8, 4) is 0 Å². The Balaban J connectivity index is 3.10. The molecule has 0 bridgehead atoms. The third-order valence-electron chi connectivity index (χ3n) is 2.03. The minimum absolute atomic E-state index is 0.290. The first-order valence-electron chi connectivity index (χ1n) is 5.24. The van der Waals surface area contributed by atoms with Crippen LogP contribution in [0.15, 0.2) is 0 Å². The van der Waals surface area contributed by atoms with Crippen LogP contribution in [0, 0.1) is 0 Å². The van der Waals surface area contributed by atoms with Crippen molar-refractivity contribution in [1.29, 1.82) is 0 Å². The number of unbranched alkanes of at least 4 members (excludes halogenated alkanes) is 5. The third kappa shape index (κ3) is 8.64. The van der Waals surface area contributed by atoms with Crippen LogP contribution in [-0.4, -0.2) is 17.3 Å². The summed E-state index contributed by atoms with van der Waals surface area (Å²) in [5, 5.41) is 2.67. The molecule has 0 heterocycles. The second-order valence-corrected chi connectivity index (χ2v) is 4.46. The van der Waals surface area contributed by atoms with E-state index in [0.29, 0.717) is 6.54 Å². The van der Waals surface area contributed by atoms with E-state index in [2.05, 4.69) is 12.2 Å². The summed E-state index contributed by atoms with van der Waals surface area (Å²) in [6.07, 6.45) is 7.27. The van der Waals surface area contributed by atoms with E-state index in [1.54, 1.807) is 0 Å². The first kappa shape index (κ1) is 14.1. The van der Waals surface area contributed by atoms with E-state index in [1.165, 1.54) is 25.7 Å². The fourth-order valence-electron chi connectivity index (χ4n) is 1.19. The molecule has 0 atom stereocenters. The van der Waals surface area contributed by atoms with Crippen LogP contribution in [0.5, 0.6) is 0 Å². The molecule has 0 aliphatic carbocycles. The van der Waals surface area contributed by atoms with Gasteiger partial charge in [-0.1, -0.05) is 62.2 Å². The lowest BCUT2D eigenvalue weighted by molar-refractivity contribution is -0.119. The maximum Gasteiger partial charge on any atom is 0.253 e. The average Bonchev–Trinajstić information content (AvgIpc) is 2.16. The Bertz CT molecular complexity index is 151. The fraction of sp³-hybridized carbons (Fsp3) is 0.900. The first-order valence-corrected chi connectivity index (χ1v) is 6.11. The summed E-state index contributed by atoms with van der Waals surface area (Å²) in [6.45, 7) is 2.88. The highest BCUT2D eigenvalue weighted by atomic mass is 35.5. The maximum atomic E-state index is 10.9. The van der Waals surface area contributed by atoms with Crippen LogP contribution in [-0.2, 0) is 4.79 Å². The molecular formula is C10H19Cl2NO. The van der Waals surface area contributed by atoms with Gasteiger partial charge in [-0.2, -0.15) is 0 Å². The number of carbonyl (C=O) groups excluding carboxylic acids is 1. The summed E-state index contributed by atoms with van der Waals surface area (Å²) < 4.78 is 0.